The summed E-state index contributed by atoms with van der Waals surface area (Å²) in [6, 6.07) is 4.20. The van der Waals surface area contributed by atoms with Crippen LogP contribution in [0.2, 0.25) is 0 Å². The number of methoxy groups -OCH3 is 1. The van der Waals surface area contributed by atoms with Gasteiger partial charge in [-0.1, -0.05) is 0 Å². The Morgan fingerprint density at radius 3 is 2.78 bits per heavy atom. The van der Waals surface area contributed by atoms with E-state index >= 15 is 0 Å². The van der Waals surface area contributed by atoms with Crippen molar-refractivity contribution in [3.05, 3.63) is 24.0 Å². The molecule has 0 spiro atoms. The van der Waals surface area contributed by atoms with Gasteiger partial charge in [0.1, 0.15) is 0 Å². The van der Waals surface area contributed by atoms with E-state index in [1.807, 2.05) is 11.8 Å². The predicted molar refractivity (Wildman–Crippen MR) is 70.9 cm³/mol. The monoisotopic (exact) mass is 270 g/mol. The van der Waals surface area contributed by atoms with Gasteiger partial charge >= 0.3 is 6.03 Å². The summed E-state index contributed by atoms with van der Waals surface area (Å²) in [5.74, 6) is 1.58. The number of urea groups is 1. The summed E-state index contributed by atoms with van der Waals surface area (Å²) in [5, 5.41) is 2.69. The van der Waals surface area contributed by atoms with Crippen LogP contribution in [0.3, 0.4) is 0 Å². The number of thioether (sulfide) groups is 1. The van der Waals surface area contributed by atoms with Crippen molar-refractivity contribution in [2.75, 3.05) is 37.0 Å². The molecule has 1 aromatic rings. The lowest BCUT2D eigenvalue weighted by atomic mass is 10.3. The molecule has 1 fully saturated rings. The Morgan fingerprint density at radius 2 is 2.17 bits per heavy atom. The van der Waals surface area contributed by atoms with Crippen LogP contribution in [0.5, 0.6) is 5.75 Å². The highest BCUT2D eigenvalue weighted by molar-refractivity contribution is 7.99. The van der Waals surface area contributed by atoms with Gasteiger partial charge in [0.15, 0.2) is 11.6 Å². The summed E-state index contributed by atoms with van der Waals surface area (Å²) in [6.45, 7) is 1.46. The van der Waals surface area contributed by atoms with Gasteiger partial charge in [-0.05, 0) is 12.1 Å². The number of benzene rings is 1. The number of nitrogens with one attached hydrogen (secondary N) is 1. The van der Waals surface area contributed by atoms with Crippen molar-refractivity contribution >= 4 is 23.5 Å². The lowest BCUT2D eigenvalue weighted by Gasteiger charge is -2.26. The second-order valence-corrected chi connectivity index (χ2v) is 5.10. The van der Waals surface area contributed by atoms with E-state index in [2.05, 4.69) is 5.32 Å². The van der Waals surface area contributed by atoms with Crippen molar-refractivity contribution in [1.29, 1.82) is 0 Å². The Kier molecular flexibility index (Phi) is 4.30. The largest absolute Gasteiger partial charge is 0.494 e. The fraction of sp³-hybridized carbons (Fsp3) is 0.417. The Morgan fingerprint density at radius 1 is 1.44 bits per heavy atom. The molecule has 98 valence electrons. The molecule has 0 bridgehead atoms. The zero-order chi connectivity index (χ0) is 13.0. The highest BCUT2D eigenvalue weighted by Crippen LogP contribution is 2.21. The van der Waals surface area contributed by atoms with E-state index in [4.69, 9.17) is 4.74 Å². The molecule has 1 aliphatic heterocycles. The molecule has 0 unspecified atom stereocenters. The summed E-state index contributed by atoms with van der Waals surface area (Å²) >= 11 is 1.83. The number of carbonyl (C=O) groups is 1. The molecular weight excluding hydrogens is 255 g/mol. The Labute approximate surface area is 109 Å². The van der Waals surface area contributed by atoms with Crippen LogP contribution in [0, 0.1) is 5.82 Å². The molecule has 2 amide bonds. The first-order valence-electron chi connectivity index (χ1n) is 5.68. The fourth-order valence-electron chi connectivity index (χ4n) is 1.71. The molecule has 1 aromatic carbocycles. The molecule has 0 radical (unpaired) electrons. The first kappa shape index (κ1) is 13.0. The first-order chi connectivity index (χ1) is 8.70. The van der Waals surface area contributed by atoms with Crippen LogP contribution < -0.4 is 10.1 Å². The minimum Gasteiger partial charge on any atom is -0.494 e. The van der Waals surface area contributed by atoms with Crippen LogP contribution in [0.4, 0.5) is 14.9 Å². The zero-order valence-corrected chi connectivity index (χ0v) is 10.9. The Balaban J connectivity index is 2.00. The van der Waals surface area contributed by atoms with Gasteiger partial charge in [0, 0.05) is 36.3 Å². The molecule has 2 rings (SSSR count). The summed E-state index contributed by atoms with van der Waals surface area (Å²) in [4.78, 5) is 13.6. The molecule has 4 nitrogen and oxygen atoms in total. The third-order valence-corrected chi connectivity index (χ3v) is 3.64. The zero-order valence-electron chi connectivity index (χ0n) is 10.1. The van der Waals surface area contributed by atoms with Gasteiger partial charge < -0.3 is 15.0 Å². The molecule has 0 atom stereocenters. The van der Waals surface area contributed by atoms with Gasteiger partial charge in [0.25, 0.3) is 0 Å². The predicted octanol–water partition coefficient (Wildman–Crippen LogP) is 2.42. The molecule has 0 saturated carbocycles. The van der Waals surface area contributed by atoms with E-state index in [0.29, 0.717) is 5.69 Å². The number of hydrogen-bond acceptors (Lipinski definition) is 3. The minimum absolute atomic E-state index is 0.169. The van der Waals surface area contributed by atoms with Gasteiger partial charge in [-0.3, -0.25) is 0 Å². The second kappa shape index (κ2) is 5.95. The number of hydrogen-bond donors (Lipinski definition) is 1. The maximum atomic E-state index is 13.4. The van der Waals surface area contributed by atoms with Gasteiger partial charge in [-0.15, -0.1) is 0 Å². The number of amides is 2. The maximum Gasteiger partial charge on any atom is 0.321 e. The normalized spacial score (nSPS) is 15.3. The number of rotatable bonds is 2. The van der Waals surface area contributed by atoms with Gasteiger partial charge in [0.05, 0.1) is 7.11 Å². The van der Waals surface area contributed by atoms with E-state index in [1.54, 1.807) is 11.0 Å². The molecular formula is C12H15FN2O2S. The van der Waals surface area contributed by atoms with Crippen LogP contribution in [-0.2, 0) is 0 Å². The van der Waals surface area contributed by atoms with Crippen LogP contribution in [0.25, 0.3) is 0 Å². The Bertz CT molecular complexity index is 436. The SMILES string of the molecule is COc1ccc(NC(=O)N2CCSCC2)cc1F. The minimum atomic E-state index is -0.482. The molecule has 18 heavy (non-hydrogen) atoms. The van der Waals surface area contributed by atoms with E-state index in [-0.39, 0.29) is 11.8 Å². The summed E-state index contributed by atoms with van der Waals surface area (Å²) < 4.78 is 18.3. The number of carbonyl (C=O) groups excluding carboxylic acids is 1. The van der Waals surface area contributed by atoms with Crippen molar-refractivity contribution in [2.45, 2.75) is 0 Å². The summed E-state index contributed by atoms with van der Waals surface area (Å²) in [5.41, 5.74) is 0.441. The first-order valence-corrected chi connectivity index (χ1v) is 6.83. The lowest BCUT2D eigenvalue weighted by molar-refractivity contribution is 0.217. The molecule has 1 aliphatic rings. The fourth-order valence-corrected chi connectivity index (χ4v) is 2.62. The average Bonchev–Trinajstić information content (AvgIpc) is 2.40. The van der Waals surface area contributed by atoms with Crippen molar-refractivity contribution < 1.29 is 13.9 Å². The van der Waals surface area contributed by atoms with E-state index in [1.165, 1.54) is 19.2 Å². The Hall–Kier alpha value is -1.43. The molecule has 1 saturated heterocycles. The third-order valence-electron chi connectivity index (χ3n) is 2.70. The topological polar surface area (TPSA) is 41.6 Å². The highest BCUT2D eigenvalue weighted by Gasteiger charge is 2.17. The highest BCUT2D eigenvalue weighted by atomic mass is 32.2. The van der Waals surface area contributed by atoms with Crippen molar-refractivity contribution in [3.8, 4) is 5.75 Å². The van der Waals surface area contributed by atoms with Crippen LogP contribution in [0.1, 0.15) is 0 Å². The van der Waals surface area contributed by atoms with Gasteiger partial charge in [0.2, 0.25) is 0 Å². The second-order valence-electron chi connectivity index (χ2n) is 3.88. The molecule has 0 aromatic heterocycles. The van der Waals surface area contributed by atoms with E-state index < -0.39 is 5.82 Å². The maximum absolute atomic E-state index is 13.4. The summed E-state index contributed by atoms with van der Waals surface area (Å²) in [6.07, 6.45) is 0. The molecule has 6 heteroatoms. The third kappa shape index (κ3) is 3.07. The van der Waals surface area contributed by atoms with Crippen LogP contribution >= 0.6 is 11.8 Å². The molecule has 1 N–H and O–H groups in total. The number of ether oxygens (including phenoxy) is 1. The van der Waals surface area contributed by atoms with Crippen molar-refractivity contribution in [2.24, 2.45) is 0 Å². The molecule has 1 heterocycles. The van der Waals surface area contributed by atoms with Crippen molar-refractivity contribution in [1.82, 2.24) is 4.90 Å². The van der Waals surface area contributed by atoms with E-state index in [9.17, 15) is 9.18 Å². The van der Waals surface area contributed by atoms with Crippen LogP contribution in [-0.4, -0.2) is 42.6 Å². The van der Waals surface area contributed by atoms with E-state index in [0.717, 1.165) is 24.6 Å². The summed E-state index contributed by atoms with van der Waals surface area (Å²) in [7, 11) is 1.40. The van der Waals surface area contributed by atoms with Crippen LogP contribution in [0.15, 0.2) is 18.2 Å². The van der Waals surface area contributed by atoms with Crippen molar-refractivity contribution in [3.63, 3.8) is 0 Å². The number of nitrogens with zero attached hydrogens (tertiary/aromatic N) is 1. The average molecular weight is 270 g/mol. The smallest absolute Gasteiger partial charge is 0.321 e. The molecule has 0 aliphatic carbocycles. The standard InChI is InChI=1S/C12H15FN2O2S/c1-17-11-3-2-9(8-10(11)13)14-12(16)15-4-6-18-7-5-15/h2-3,8H,4-7H2,1H3,(H,14,16). The quantitative estimate of drug-likeness (QED) is 0.897. The van der Waals surface area contributed by atoms with Gasteiger partial charge in [-0.2, -0.15) is 11.8 Å². The number of anilines is 1. The lowest BCUT2D eigenvalue weighted by Crippen LogP contribution is -2.40. The van der Waals surface area contributed by atoms with Gasteiger partial charge in [-0.25, -0.2) is 9.18 Å². The number of halogens is 1.